The summed E-state index contributed by atoms with van der Waals surface area (Å²) in [5.74, 6) is 2.32. The van der Waals surface area contributed by atoms with E-state index >= 15 is 0 Å². The highest BCUT2D eigenvalue weighted by atomic mass is 32.2. The lowest BCUT2D eigenvalue weighted by molar-refractivity contribution is -0.140. The third-order valence-electron chi connectivity index (χ3n) is 11.1. The maximum atomic E-state index is 14.5. The van der Waals surface area contributed by atoms with E-state index in [0.717, 1.165) is 48.0 Å². The van der Waals surface area contributed by atoms with Crippen molar-refractivity contribution in [3.63, 3.8) is 0 Å². The van der Waals surface area contributed by atoms with E-state index in [9.17, 15) is 18.0 Å². The topological polar surface area (TPSA) is 96.0 Å². The van der Waals surface area contributed by atoms with E-state index in [4.69, 9.17) is 4.74 Å². The Labute approximate surface area is 292 Å². The zero-order valence-electron chi connectivity index (χ0n) is 29.1. The van der Waals surface area contributed by atoms with E-state index in [-0.39, 0.29) is 24.3 Å². The smallest absolute Gasteiger partial charge is 0.244 e. The average molecular weight is 686 g/mol. The Bertz CT molecular complexity index is 1670. The number of nitrogens with one attached hydrogen (secondary N) is 1. The van der Waals surface area contributed by atoms with E-state index in [0.29, 0.717) is 18.0 Å². The first-order chi connectivity index (χ1) is 23.6. The van der Waals surface area contributed by atoms with E-state index in [2.05, 4.69) is 24.4 Å². The minimum absolute atomic E-state index is 0.108. The molecule has 0 aliphatic heterocycles. The molecule has 0 spiro atoms. The molecule has 262 valence electrons. The molecule has 4 aliphatic rings. The second-order valence-electron chi connectivity index (χ2n) is 14.7. The fourth-order valence-corrected chi connectivity index (χ4v) is 9.94. The molecule has 49 heavy (non-hydrogen) atoms. The SMILES string of the molecule is CCCCNC(=O)[C@H](Cc1ccccc1)N(Cc1cccc(OC)c1)C(=O)CN(c1ccc(C23CC4CC(CC(C4)C2)C3)cc1)S(C)(=O)=O. The number of hydrogen-bond donors (Lipinski definition) is 1. The summed E-state index contributed by atoms with van der Waals surface area (Å²) in [4.78, 5) is 29.9. The molecule has 2 amide bonds. The largest absolute Gasteiger partial charge is 0.497 e. The molecule has 1 N–H and O–H groups in total. The van der Waals surface area contributed by atoms with Crippen LogP contribution in [0.3, 0.4) is 0 Å². The van der Waals surface area contributed by atoms with Crippen LogP contribution in [0.1, 0.15) is 75.0 Å². The molecule has 4 saturated carbocycles. The Morgan fingerprint density at radius 1 is 0.898 bits per heavy atom. The minimum Gasteiger partial charge on any atom is -0.497 e. The summed E-state index contributed by atoms with van der Waals surface area (Å²) >= 11 is 0. The van der Waals surface area contributed by atoms with Gasteiger partial charge in [-0.2, -0.15) is 0 Å². The van der Waals surface area contributed by atoms with E-state index < -0.39 is 28.5 Å². The number of benzene rings is 3. The molecule has 9 heteroatoms. The zero-order valence-corrected chi connectivity index (χ0v) is 30.0. The van der Waals surface area contributed by atoms with E-state index in [1.165, 1.54) is 53.3 Å². The summed E-state index contributed by atoms with van der Waals surface area (Å²) in [6.45, 7) is 2.24. The number of unbranched alkanes of at least 4 members (excludes halogenated alkanes) is 1. The molecule has 0 heterocycles. The predicted octanol–water partition coefficient (Wildman–Crippen LogP) is 6.49. The van der Waals surface area contributed by atoms with Crippen molar-refractivity contribution in [1.82, 2.24) is 10.2 Å². The Morgan fingerprint density at radius 2 is 1.53 bits per heavy atom. The van der Waals surface area contributed by atoms with Gasteiger partial charge in [-0.15, -0.1) is 0 Å². The summed E-state index contributed by atoms with van der Waals surface area (Å²) < 4.78 is 33.4. The predicted molar refractivity (Wildman–Crippen MR) is 194 cm³/mol. The summed E-state index contributed by atoms with van der Waals surface area (Å²) in [5, 5.41) is 3.03. The number of amides is 2. The van der Waals surface area contributed by atoms with Gasteiger partial charge in [0.1, 0.15) is 18.3 Å². The second-order valence-corrected chi connectivity index (χ2v) is 16.6. The van der Waals surface area contributed by atoms with Crippen LogP contribution in [0.2, 0.25) is 0 Å². The molecule has 0 radical (unpaired) electrons. The van der Waals surface area contributed by atoms with Crippen molar-refractivity contribution < 1.29 is 22.7 Å². The van der Waals surface area contributed by atoms with Crippen LogP contribution in [0.25, 0.3) is 0 Å². The van der Waals surface area contributed by atoms with Crippen LogP contribution in [-0.4, -0.2) is 57.6 Å². The van der Waals surface area contributed by atoms with Gasteiger partial charge >= 0.3 is 0 Å². The van der Waals surface area contributed by atoms with Crippen LogP contribution in [0.15, 0.2) is 78.9 Å². The van der Waals surface area contributed by atoms with Gasteiger partial charge < -0.3 is 15.0 Å². The van der Waals surface area contributed by atoms with Gasteiger partial charge in [-0.1, -0.05) is 67.9 Å². The number of rotatable bonds is 15. The number of hydrogen-bond acceptors (Lipinski definition) is 5. The molecule has 4 aliphatic carbocycles. The molecule has 3 aromatic carbocycles. The molecular formula is C40H51N3O5S. The average Bonchev–Trinajstić information content (AvgIpc) is 3.08. The Morgan fingerprint density at radius 3 is 2.12 bits per heavy atom. The van der Waals surface area contributed by atoms with Gasteiger partial charge in [0.05, 0.1) is 19.1 Å². The van der Waals surface area contributed by atoms with Crippen molar-refractivity contribution in [3.8, 4) is 5.75 Å². The van der Waals surface area contributed by atoms with Crippen LogP contribution < -0.4 is 14.4 Å². The number of nitrogens with zero attached hydrogens (tertiary/aromatic N) is 2. The van der Waals surface area contributed by atoms with Crippen LogP contribution >= 0.6 is 0 Å². The molecule has 3 aromatic rings. The van der Waals surface area contributed by atoms with E-state index in [1.54, 1.807) is 7.11 Å². The molecule has 0 saturated heterocycles. The van der Waals surface area contributed by atoms with Gasteiger partial charge in [0.25, 0.3) is 0 Å². The van der Waals surface area contributed by atoms with Gasteiger partial charge in [0.15, 0.2) is 0 Å². The highest BCUT2D eigenvalue weighted by Crippen LogP contribution is 2.60. The Kier molecular flexibility index (Phi) is 10.7. The standard InChI is InChI=1S/C40H51N3O5S/c1-4-5-18-41-39(45)37(23-29-10-7-6-8-11-29)42(27-30-12-9-13-36(22-30)48-2)38(44)28-43(49(3,46)47)35-16-14-34(15-17-35)40-24-31-19-32(25-40)21-33(20-31)26-40/h6-17,22,31-33,37H,4-5,18-21,23-28H2,1-3H3,(H,41,45)/t31?,32?,33?,37-,40?/m0/s1. The molecular weight excluding hydrogens is 635 g/mol. The number of carbonyl (C=O) groups excluding carboxylic acids is 2. The number of sulfonamides is 1. The first-order valence-corrected chi connectivity index (χ1v) is 19.7. The van der Waals surface area contributed by atoms with Crippen molar-refractivity contribution in [3.05, 3.63) is 95.6 Å². The number of ether oxygens (including phenoxy) is 1. The maximum Gasteiger partial charge on any atom is 0.244 e. The fourth-order valence-electron chi connectivity index (χ4n) is 9.09. The molecule has 1 atom stereocenters. The van der Waals surface area contributed by atoms with Crippen LogP contribution in [-0.2, 0) is 38.0 Å². The number of carbonyl (C=O) groups is 2. The minimum atomic E-state index is -3.85. The van der Waals surface area contributed by atoms with Gasteiger partial charge in [-0.05, 0) is 109 Å². The van der Waals surface area contributed by atoms with Gasteiger partial charge in [0, 0.05) is 19.5 Å². The molecule has 7 rings (SSSR count). The number of anilines is 1. The second kappa shape index (κ2) is 15.0. The van der Waals surface area contributed by atoms with Crippen molar-refractivity contribution in [2.45, 2.75) is 82.7 Å². The summed E-state index contributed by atoms with van der Waals surface area (Å²) in [5.41, 5.74) is 3.61. The quantitative estimate of drug-likeness (QED) is 0.185. The molecule has 4 fully saturated rings. The monoisotopic (exact) mass is 685 g/mol. The fraction of sp³-hybridized carbons (Fsp3) is 0.500. The van der Waals surface area contributed by atoms with Gasteiger partial charge in [-0.3, -0.25) is 13.9 Å². The lowest BCUT2D eigenvalue weighted by atomic mass is 9.48. The van der Waals surface area contributed by atoms with Crippen molar-refractivity contribution in [2.24, 2.45) is 17.8 Å². The summed E-state index contributed by atoms with van der Waals surface area (Å²) in [7, 11) is -2.26. The molecule has 8 nitrogen and oxygen atoms in total. The Balaban J connectivity index is 1.30. The van der Waals surface area contributed by atoms with Crippen molar-refractivity contribution >= 4 is 27.5 Å². The van der Waals surface area contributed by atoms with Gasteiger partial charge in [0.2, 0.25) is 21.8 Å². The van der Waals surface area contributed by atoms with Crippen LogP contribution in [0.5, 0.6) is 5.75 Å². The maximum absolute atomic E-state index is 14.5. The summed E-state index contributed by atoms with van der Waals surface area (Å²) in [6, 6.07) is 24.1. The van der Waals surface area contributed by atoms with E-state index in [1.807, 2.05) is 66.7 Å². The van der Waals surface area contributed by atoms with Crippen LogP contribution in [0, 0.1) is 17.8 Å². The first-order valence-electron chi connectivity index (χ1n) is 17.9. The lowest BCUT2D eigenvalue weighted by Gasteiger charge is -2.57. The highest BCUT2D eigenvalue weighted by molar-refractivity contribution is 7.92. The Hall–Kier alpha value is -3.85. The molecule has 0 unspecified atom stereocenters. The van der Waals surface area contributed by atoms with Gasteiger partial charge in [-0.25, -0.2) is 8.42 Å². The molecule has 0 aromatic heterocycles. The third kappa shape index (κ3) is 8.14. The summed E-state index contributed by atoms with van der Waals surface area (Å²) in [6.07, 6.45) is 10.9. The lowest BCUT2D eigenvalue weighted by Crippen LogP contribution is -2.53. The number of methoxy groups -OCH3 is 1. The molecule has 4 bridgehead atoms. The first kappa shape index (κ1) is 35.0. The third-order valence-corrected chi connectivity index (χ3v) is 12.2. The zero-order chi connectivity index (χ0) is 34.6. The van der Waals surface area contributed by atoms with Crippen molar-refractivity contribution in [2.75, 3.05) is 30.8 Å². The van der Waals surface area contributed by atoms with Crippen LogP contribution in [0.4, 0.5) is 5.69 Å². The normalized spacial score (nSPS) is 23.1. The highest BCUT2D eigenvalue weighted by Gasteiger charge is 2.51. The van der Waals surface area contributed by atoms with Crippen molar-refractivity contribution in [1.29, 1.82) is 0 Å².